The van der Waals surface area contributed by atoms with Crippen LogP contribution in [-0.2, 0) is 6.42 Å². The van der Waals surface area contributed by atoms with Crippen molar-refractivity contribution in [1.29, 1.82) is 0 Å². The molecule has 0 atom stereocenters. The Hall–Kier alpha value is -1.29. The second kappa shape index (κ2) is 5.56. The van der Waals surface area contributed by atoms with Crippen LogP contribution in [0.3, 0.4) is 0 Å². The van der Waals surface area contributed by atoms with Crippen molar-refractivity contribution < 1.29 is 14.6 Å². The van der Waals surface area contributed by atoms with E-state index in [1.165, 1.54) is 11.3 Å². The molecule has 0 unspecified atom stereocenters. The molecule has 1 aromatic heterocycles. The quantitative estimate of drug-likeness (QED) is 0.599. The number of carboxylic acids is 1. The molecule has 1 heterocycles. The molecule has 0 aliphatic rings. The van der Waals surface area contributed by atoms with Gasteiger partial charge in [-0.25, -0.2) is 4.79 Å². The molecule has 1 N–H and O–H groups in total. The summed E-state index contributed by atoms with van der Waals surface area (Å²) in [5, 5.41) is 8.94. The largest absolute Gasteiger partial charge is 0.491 e. The molecule has 0 radical (unpaired) electrons. The molecule has 1 aromatic rings. The molecule has 4 heteroatoms. The van der Waals surface area contributed by atoms with Crippen molar-refractivity contribution in [2.75, 3.05) is 6.61 Å². The fraction of sp³-hybridized carbons (Fsp3) is 0.364. The number of hydrogen-bond donors (Lipinski definition) is 1. The number of thiophene rings is 1. The van der Waals surface area contributed by atoms with Crippen molar-refractivity contribution in [2.45, 2.75) is 19.8 Å². The molecule has 1 rings (SSSR count). The zero-order valence-electron chi connectivity index (χ0n) is 8.66. The van der Waals surface area contributed by atoms with E-state index in [1.54, 1.807) is 12.1 Å². The first-order chi connectivity index (χ1) is 7.19. The standard InChI is InChI=1S/C11H14O3S/c1-3-5-6-14-9-7-8(4-2)15-10(9)11(12)13/h3,7H,1,4-6H2,2H3,(H,12,13). The van der Waals surface area contributed by atoms with E-state index in [2.05, 4.69) is 6.58 Å². The third-order valence-corrected chi connectivity index (χ3v) is 3.12. The molecule has 3 nitrogen and oxygen atoms in total. The highest BCUT2D eigenvalue weighted by molar-refractivity contribution is 7.14. The van der Waals surface area contributed by atoms with Gasteiger partial charge < -0.3 is 9.84 Å². The van der Waals surface area contributed by atoms with E-state index in [9.17, 15) is 4.79 Å². The van der Waals surface area contributed by atoms with E-state index in [0.717, 1.165) is 17.7 Å². The van der Waals surface area contributed by atoms with Crippen LogP contribution >= 0.6 is 11.3 Å². The third kappa shape index (κ3) is 3.09. The number of carbonyl (C=O) groups is 1. The first-order valence-corrected chi connectivity index (χ1v) is 5.60. The average Bonchev–Trinajstić information content (AvgIpc) is 2.62. The lowest BCUT2D eigenvalue weighted by Gasteiger charge is -2.02. The molecule has 0 aliphatic carbocycles. The highest BCUT2D eigenvalue weighted by atomic mass is 32.1. The number of rotatable bonds is 6. The first-order valence-electron chi connectivity index (χ1n) is 4.78. The second-order valence-electron chi connectivity index (χ2n) is 2.99. The van der Waals surface area contributed by atoms with Gasteiger partial charge in [0.15, 0.2) is 4.88 Å². The summed E-state index contributed by atoms with van der Waals surface area (Å²) >= 11 is 1.28. The van der Waals surface area contributed by atoms with Crippen LogP contribution in [0, 0.1) is 0 Å². The summed E-state index contributed by atoms with van der Waals surface area (Å²) in [6.07, 6.45) is 3.29. The summed E-state index contributed by atoms with van der Waals surface area (Å²) in [6, 6.07) is 1.80. The van der Waals surface area contributed by atoms with Crippen LogP contribution in [0.4, 0.5) is 0 Å². The molecule has 0 aliphatic heterocycles. The Balaban J connectivity index is 2.79. The number of aromatic carboxylic acids is 1. The van der Waals surface area contributed by atoms with Gasteiger partial charge >= 0.3 is 5.97 Å². The van der Waals surface area contributed by atoms with Gasteiger partial charge in [-0.15, -0.1) is 17.9 Å². The van der Waals surface area contributed by atoms with Gasteiger partial charge in [0.25, 0.3) is 0 Å². The lowest BCUT2D eigenvalue weighted by molar-refractivity contribution is 0.0698. The number of aryl methyl sites for hydroxylation is 1. The maximum absolute atomic E-state index is 10.9. The van der Waals surface area contributed by atoms with Crippen LogP contribution in [0.2, 0.25) is 0 Å². The lowest BCUT2D eigenvalue weighted by Crippen LogP contribution is -2.00. The summed E-state index contributed by atoms with van der Waals surface area (Å²) in [6.45, 7) is 6.04. The molecular weight excluding hydrogens is 212 g/mol. The smallest absolute Gasteiger partial charge is 0.349 e. The van der Waals surface area contributed by atoms with Crippen LogP contribution in [0.25, 0.3) is 0 Å². The zero-order valence-corrected chi connectivity index (χ0v) is 9.47. The summed E-state index contributed by atoms with van der Waals surface area (Å²) < 4.78 is 5.38. The Morgan fingerprint density at radius 2 is 2.47 bits per heavy atom. The van der Waals surface area contributed by atoms with Crippen molar-refractivity contribution >= 4 is 17.3 Å². The molecule has 0 bridgehead atoms. The molecule has 0 saturated carbocycles. The van der Waals surface area contributed by atoms with E-state index < -0.39 is 5.97 Å². The van der Waals surface area contributed by atoms with E-state index in [4.69, 9.17) is 9.84 Å². The van der Waals surface area contributed by atoms with Crippen LogP contribution in [0.5, 0.6) is 5.75 Å². The van der Waals surface area contributed by atoms with E-state index in [1.807, 2.05) is 6.92 Å². The average molecular weight is 226 g/mol. The minimum absolute atomic E-state index is 0.288. The van der Waals surface area contributed by atoms with E-state index in [0.29, 0.717) is 12.4 Å². The Kier molecular flexibility index (Phi) is 4.37. The van der Waals surface area contributed by atoms with Crippen LogP contribution in [0.1, 0.15) is 27.9 Å². The maximum atomic E-state index is 10.9. The lowest BCUT2D eigenvalue weighted by atomic mass is 10.3. The van der Waals surface area contributed by atoms with Crippen LogP contribution in [-0.4, -0.2) is 17.7 Å². The Bertz CT molecular complexity index is 355. The molecule has 0 fully saturated rings. The number of hydrogen-bond acceptors (Lipinski definition) is 3. The predicted octanol–water partition coefficient (Wildman–Crippen LogP) is 2.96. The SMILES string of the molecule is C=CCCOc1cc(CC)sc1C(=O)O. The van der Waals surface area contributed by atoms with Gasteiger partial charge in [-0.3, -0.25) is 0 Å². The van der Waals surface area contributed by atoms with Crippen molar-refractivity contribution in [3.63, 3.8) is 0 Å². The fourth-order valence-corrected chi connectivity index (χ4v) is 1.98. The third-order valence-electron chi connectivity index (χ3n) is 1.87. The molecule has 15 heavy (non-hydrogen) atoms. The number of ether oxygens (including phenoxy) is 1. The molecule has 0 amide bonds. The minimum atomic E-state index is -0.923. The Morgan fingerprint density at radius 1 is 1.73 bits per heavy atom. The predicted molar refractivity (Wildman–Crippen MR) is 61.0 cm³/mol. The van der Waals surface area contributed by atoms with E-state index in [-0.39, 0.29) is 4.88 Å². The second-order valence-corrected chi connectivity index (χ2v) is 4.13. The van der Waals surface area contributed by atoms with E-state index >= 15 is 0 Å². The summed E-state index contributed by atoms with van der Waals surface area (Å²) in [5.41, 5.74) is 0. The Labute approximate surface area is 93.0 Å². The van der Waals surface area contributed by atoms with Gasteiger partial charge in [-0.1, -0.05) is 13.0 Å². The monoisotopic (exact) mass is 226 g/mol. The molecule has 0 spiro atoms. The fourth-order valence-electron chi connectivity index (χ4n) is 1.11. The van der Waals surface area contributed by atoms with Gasteiger partial charge in [0.2, 0.25) is 0 Å². The van der Waals surface area contributed by atoms with Crippen molar-refractivity contribution in [1.82, 2.24) is 0 Å². The van der Waals surface area contributed by atoms with Gasteiger partial charge in [-0.2, -0.15) is 0 Å². The van der Waals surface area contributed by atoms with Gasteiger partial charge in [0.1, 0.15) is 5.75 Å². The summed E-state index contributed by atoms with van der Waals surface area (Å²) in [5.74, 6) is -0.445. The minimum Gasteiger partial charge on any atom is -0.491 e. The molecule has 0 saturated heterocycles. The van der Waals surface area contributed by atoms with Crippen molar-refractivity contribution in [3.8, 4) is 5.75 Å². The molecule has 0 aromatic carbocycles. The highest BCUT2D eigenvalue weighted by Gasteiger charge is 2.15. The van der Waals surface area contributed by atoms with Gasteiger partial charge in [-0.05, 0) is 18.9 Å². The maximum Gasteiger partial charge on any atom is 0.349 e. The van der Waals surface area contributed by atoms with Crippen molar-refractivity contribution in [3.05, 3.63) is 28.5 Å². The van der Waals surface area contributed by atoms with Crippen LogP contribution in [0.15, 0.2) is 18.7 Å². The summed E-state index contributed by atoms with van der Waals surface area (Å²) in [4.78, 5) is 12.2. The van der Waals surface area contributed by atoms with Crippen molar-refractivity contribution in [2.24, 2.45) is 0 Å². The normalized spacial score (nSPS) is 9.93. The molecular formula is C11H14O3S. The van der Waals surface area contributed by atoms with Crippen LogP contribution < -0.4 is 4.74 Å². The Morgan fingerprint density at radius 3 is 3.00 bits per heavy atom. The number of carboxylic acid groups (broad SMARTS) is 1. The van der Waals surface area contributed by atoms with Gasteiger partial charge in [0.05, 0.1) is 6.61 Å². The summed E-state index contributed by atoms with van der Waals surface area (Å²) in [7, 11) is 0. The van der Waals surface area contributed by atoms with Gasteiger partial charge in [0, 0.05) is 4.88 Å². The topological polar surface area (TPSA) is 46.5 Å². The zero-order chi connectivity index (χ0) is 11.3. The highest BCUT2D eigenvalue weighted by Crippen LogP contribution is 2.29. The first kappa shape index (κ1) is 11.8. The molecule has 82 valence electrons.